The highest BCUT2D eigenvalue weighted by molar-refractivity contribution is 5.85. The highest BCUT2D eigenvalue weighted by Gasteiger charge is 2.23. The first-order chi connectivity index (χ1) is 9.95. The number of morpholine rings is 1. The van der Waals surface area contributed by atoms with Crippen molar-refractivity contribution in [2.45, 2.75) is 32.5 Å². The van der Waals surface area contributed by atoms with Crippen molar-refractivity contribution in [1.29, 1.82) is 0 Å². The maximum atomic E-state index is 13.7. The van der Waals surface area contributed by atoms with Gasteiger partial charge in [0.25, 0.3) is 0 Å². The molecule has 4 nitrogen and oxygen atoms in total. The third-order valence-electron chi connectivity index (χ3n) is 3.59. The largest absolute Gasteiger partial charge is 0.478 e. The second-order valence-corrected chi connectivity index (χ2v) is 5.45. The average Bonchev–Trinajstić information content (AvgIpc) is 2.43. The van der Waals surface area contributed by atoms with E-state index in [1.807, 2.05) is 6.92 Å². The molecule has 0 spiro atoms. The minimum atomic E-state index is -1.09. The zero-order valence-corrected chi connectivity index (χ0v) is 12.3. The van der Waals surface area contributed by atoms with Crippen LogP contribution >= 0.6 is 0 Å². The lowest BCUT2D eigenvalue weighted by molar-refractivity contribution is -0.131. The van der Waals surface area contributed by atoms with Crippen LogP contribution in [-0.4, -0.2) is 41.3 Å². The van der Waals surface area contributed by atoms with Crippen molar-refractivity contribution < 1.29 is 19.0 Å². The van der Waals surface area contributed by atoms with E-state index >= 15 is 0 Å². The quantitative estimate of drug-likeness (QED) is 0.867. The molecule has 0 saturated carbocycles. The van der Waals surface area contributed by atoms with Gasteiger partial charge in [-0.2, -0.15) is 0 Å². The van der Waals surface area contributed by atoms with Crippen LogP contribution in [0.5, 0.6) is 0 Å². The highest BCUT2D eigenvalue weighted by Crippen LogP contribution is 2.18. The lowest BCUT2D eigenvalue weighted by atomic mass is 10.1. The van der Waals surface area contributed by atoms with E-state index < -0.39 is 11.8 Å². The minimum absolute atomic E-state index is 0.188. The highest BCUT2D eigenvalue weighted by atomic mass is 19.1. The molecule has 1 N–H and O–H groups in total. The standard InChI is InChI=1S/C16H20FNO3/c1-11-10-21-12(2)8-18(11)9-13-3-5-15(17)14(7-13)4-6-16(19)20/h3-7,11-12H,8-10H2,1-2H3,(H,19,20). The molecule has 1 saturated heterocycles. The second-order valence-electron chi connectivity index (χ2n) is 5.45. The number of carboxylic acid groups (broad SMARTS) is 1. The first-order valence-electron chi connectivity index (χ1n) is 7.01. The molecule has 2 rings (SSSR count). The lowest BCUT2D eigenvalue weighted by Gasteiger charge is -2.36. The smallest absolute Gasteiger partial charge is 0.328 e. The van der Waals surface area contributed by atoms with Gasteiger partial charge in [-0.1, -0.05) is 6.07 Å². The Labute approximate surface area is 123 Å². The maximum Gasteiger partial charge on any atom is 0.328 e. The van der Waals surface area contributed by atoms with Crippen molar-refractivity contribution in [2.24, 2.45) is 0 Å². The van der Waals surface area contributed by atoms with Gasteiger partial charge < -0.3 is 9.84 Å². The van der Waals surface area contributed by atoms with Gasteiger partial charge in [0.15, 0.2) is 0 Å². The van der Waals surface area contributed by atoms with Crippen LogP contribution in [0.15, 0.2) is 24.3 Å². The molecule has 1 aromatic rings. The van der Waals surface area contributed by atoms with Gasteiger partial charge >= 0.3 is 5.97 Å². The Bertz CT molecular complexity index is 544. The Balaban J connectivity index is 2.13. The van der Waals surface area contributed by atoms with Crippen molar-refractivity contribution in [2.75, 3.05) is 13.2 Å². The van der Waals surface area contributed by atoms with E-state index in [4.69, 9.17) is 9.84 Å². The summed E-state index contributed by atoms with van der Waals surface area (Å²) in [4.78, 5) is 12.8. The number of carboxylic acids is 1. The fourth-order valence-corrected chi connectivity index (χ4v) is 2.41. The van der Waals surface area contributed by atoms with Crippen LogP contribution in [0.1, 0.15) is 25.0 Å². The summed E-state index contributed by atoms with van der Waals surface area (Å²) >= 11 is 0. The molecular formula is C16H20FNO3. The van der Waals surface area contributed by atoms with E-state index in [-0.39, 0.29) is 6.10 Å². The van der Waals surface area contributed by atoms with Crippen molar-refractivity contribution in [1.82, 2.24) is 4.90 Å². The number of aliphatic carboxylic acids is 1. The van der Waals surface area contributed by atoms with Crippen LogP contribution in [0.25, 0.3) is 6.08 Å². The molecule has 0 amide bonds. The number of ether oxygens (including phenoxy) is 1. The summed E-state index contributed by atoms with van der Waals surface area (Å²) in [6, 6.07) is 5.12. The van der Waals surface area contributed by atoms with Crippen LogP contribution in [0.2, 0.25) is 0 Å². The molecule has 2 unspecified atom stereocenters. The SMILES string of the molecule is CC1CN(Cc2ccc(F)c(C=CC(=O)O)c2)C(C)CO1. The van der Waals surface area contributed by atoms with Crippen molar-refractivity contribution in [3.63, 3.8) is 0 Å². The molecule has 2 atom stereocenters. The van der Waals surface area contributed by atoms with Crippen LogP contribution in [0.3, 0.4) is 0 Å². The summed E-state index contributed by atoms with van der Waals surface area (Å²) in [5.74, 6) is -1.50. The monoisotopic (exact) mass is 293 g/mol. The molecule has 1 aromatic carbocycles. The van der Waals surface area contributed by atoms with Gasteiger partial charge in [-0.15, -0.1) is 0 Å². The van der Waals surface area contributed by atoms with E-state index in [0.717, 1.165) is 18.2 Å². The van der Waals surface area contributed by atoms with Crippen molar-refractivity contribution >= 4 is 12.0 Å². The number of halogens is 1. The number of nitrogens with zero attached hydrogens (tertiary/aromatic N) is 1. The van der Waals surface area contributed by atoms with Crippen LogP contribution in [-0.2, 0) is 16.1 Å². The number of hydrogen-bond donors (Lipinski definition) is 1. The first-order valence-corrected chi connectivity index (χ1v) is 7.01. The van der Waals surface area contributed by atoms with Crippen LogP contribution in [0, 0.1) is 5.82 Å². The molecule has 1 aliphatic rings. The minimum Gasteiger partial charge on any atom is -0.478 e. The van der Waals surface area contributed by atoms with Crippen LogP contribution in [0.4, 0.5) is 4.39 Å². The molecule has 1 heterocycles. The second kappa shape index (κ2) is 6.83. The molecule has 0 radical (unpaired) electrons. The van der Waals surface area contributed by atoms with E-state index in [2.05, 4.69) is 11.8 Å². The molecule has 0 bridgehead atoms. The summed E-state index contributed by atoms with van der Waals surface area (Å²) in [5, 5.41) is 8.63. The van der Waals surface area contributed by atoms with E-state index in [9.17, 15) is 9.18 Å². The molecule has 0 aliphatic carbocycles. The topological polar surface area (TPSA) is 49.8 Å². The van der Waals surface area contributed by atoms with Gasteiger partial charge in [0.05, 0.1) is 12.7 Å². The van der Waals surface area contributed by atoms with Gasteiger partial charge in [-0.25, -0.2) is 9.18 Å². The fraction of sp³-hybridized carbons (Fsp3) is 0.438. The Morgan fingerprint density at radius 2 is 2.29 bits per heavy atom. The predicted octanol–water partition coefficient (Wildman–Crippen LogP) is 2.53. The summed E-state index contributed by atoms with van der Waals surface area (Å²) in [6.07, 6.45) is 2.42. The van der Waals surface area contributed by atoms with Gasteiger partial charge in [0, 0.05) is 30.8 Å². The Morgan fingerprint density at radius 3 is 3.00 bits per heavy atom. The van der Waals surface area contributed by atoms with E-state index in [1.165, 1.54) is 12.1 Å². The predicted molar refractivity (Wildman–Crippen MR) is 78.4 cm³/mol. The number of hydrogen-bond acceptors (Lipinski definition) is 3. The molecular weight excluding hydrogens is 273 g/mol. The third-order valence-corrected chi connectivity index (χ3v) is 3.59. The van der Waals surface area contributed by atoms with Crippen LogP contribution < -0.4 is 0 Å². The normalized spacial score (nSPS) is 23.6. The summed E-state index contributed by atoms with van der Waals surface area (Å²) in [5.41, 5.74) is 1.26. The van der Waals surface area contributed by atoms with E-state index in [0.29, 0.717) is 24.8 Å². The van der Waals surface area contributed by atoms with Gasteiger partial charge in [0.1, 0.15) is 5.82 Å². The van der Waals surface area contributed by atoms with Gasteiger partial charge in [-0.3, -0.25) is 4.90 Å². The Kier molecular flexibility index (Phi) is 5.09. The van der Waals surface area contributed by atoms with Crippen molar-refractivity contribution in [3.05, 3.63) is 41.2 Å². The van der Waals surface area contributed by atoms with E-state index in [1.54, 1.807) is 12.1 Å². The van der Waals surface area contributed by atoms with Gasteiger partial charge in [0.2, 0.25) is 0 Å². The first kappa shape index (κ1) is 15.7. The number of benzene rings is 1. The average molecular weight is 293 g/mol. The lowest BCUT2D eigenvalue weighted by Crippen LogP contribution is -2.46. The summed E-state index contributed by atoms with van der Waals surface area (Å²) < 4.78 is 19.2. The summed E-state index contributed by atoms with van der Waals surface area (Å²) in [6.45, 7) is 6.35. The molecule has 21 heavy (non-hydrogen) atoms. The fourth-order valence-electron chi connectivity index (χ4n) is 2.41. The Morgan fingerprint density at radius 1 is 1.52 bits per heavy atom. The molecule has 5 heteroatoms. The zero-order valence-electron chi connectivity index (χ0n) is 12.3. The third kappa shape index (κ3) is 4.37. The maximum absolute atomic E-state index is 13.7. The zero-order chi connectivity index (χ0) is 15.4. The number of carbonyl (C=O) groups is 1. The number of rotatable bonds is 4. The summed E-state index contributed by atoms with van der Waals surface area (Å²) in [7, 11) is 0. The van der Waals surface area contributed by atoms with Gasteiger partial charge in [-0.05, 0) is 37.6 Å². The molecule has 0 aromatic heterocycles. The molecule has 1 aliphatic heterocycles. The molecule has 114 valence electrons. The molecule has 1 fully saturated rings. The Hall–Kier alpha value is -1.72. The van der Waals surface area contributed by atoms with Crippen molar-refractivity contribution in [3.8, 4) is 0 Å².